The number of nitrogens with zero attached hydrogens (tertiary/aromatic N) is 3. The van der Waals surface area contributed by atoms with Crippen molar-refractivity contribution < 1.29 is 13.2 Å². The Morgan fingerprint density at radius 1 is 1.45 bits per heavy atom. The van der Waals surface area contributed by atoms with Crippen LogP contribution in [0, 0.1) is 0 Å². The van der Waals surface area contributed by atoms with E-state index in [0.29, 0.717) is 19.7 Å². The number of sulfonamides is 1. The van der Waals surface area contributed by atoms with Crippen molar-refractivity contribution in [2.24, 2.45) is 0 Å². The SMILES string of the molecule is CCCNCCn1cc(S(=O)(=O)N(C)CCOC)cn1. The molecule has 0 aliphatic rings. The van der Waals surface area contributed by atoms with E-state index in [1.165, 1.54) is 17.5 Å². The van der Waals surface area contributed by atoms with Gasteiger partial charge in [-0.05, 0) is 13.0 Å². The fourth-order valence-electron chi connectivity index (χ4n) is 1.62. The fourth-order valence-corrected chi connectivity index (χ4v) is 2.73. The van der Waals surface area contributed by atoms with E-state index in [1.807, 2.05) is 0 Å². The van der Waals surface area contributed by atoms with Gasteiger partial charge in [0, 0.05) is 33.4 Å². The molecular weight excluding hydrogens is 280 g/mol. The number of hydrogen-bond acceptors (Lipinski definition) is 5. The first-order valence-corrected chi connectivity index (χ1v) is 8.14. The third kappa shape index (κ3) is 4.86. The van der Waals surface area contributed by atoms with Crippen LogP contribution in [0.5, 0.6) is 0 Å². The molecule has 8 heteroatoms. The Morgan fingerprint density at radius 2 is 2.20 bits per heavy atom. The van der Waals surface area contributed by atoms with Gasteiger partial charge >= 0.3 is 0 Å². The van der Waals surface area contributed by atoms with E-state index in [2.05, 4.69) is 17.3 Å². The Hall–Kier alpha value is -0.960. The summed E-state index contributed by atoms with van der Waals surface area (Å²) < 4.78 is 32.3. The average Bonchev–Trinajstić information content (AvgIpc) is 2.90. The van der Waals surface area contributed by atoms with Crippen molar-refractivity contribution in [3.63, 3.8) is 0 Å². The molecular formula is C12H24N4O3S. The second kappa shape index (κ2) is 8.35. The van der Waals surface area contributed by atoms with Gasteiger partial charge < -0.3 is 10.1 Å². The predicted molar refractivity (Wildman–Crippen MR) is 77.1 cm³/mol. The van der Waals surface area contributed by atoms with Crippen LogP contribution < -0.4 is 5.32 Å². The van der Waals surface area contributed by atoms with Gasteiger partial charge in [-0.3, -0.25) is 4.68 Å². The van der Waals surface area contributed by atoms with Crippen LogP contribution in [-0.4, -0.2) is 62.9 Å². The molecule has 0 aliphatic carbocycles. The third-order valence-corrected chi connectivity index (χ3v) is 4.68. The van der Waals surface area contributed by atoms with E-state index < -0.39 is 10.0 Å². The van der Waals surface area contributed by atoms with Crippen molar-refractivity contribution in [2.75, 3.05) is 40.4 Å². The summed E-state index contributed by atoms with van der Waals surface area (Å²) in [5.41, 5.74) is 0. The van der Waals surface area contributed by atoms with Gasteiger partial charge in [-0.25, -0.2) is 8.42 Å². The van der Waals surface area contributed by atoms with E-state index in [0.717, 1.165) is 19.5 Å². The summed E-state index contributed by atoms with van der Waals surface area (Å²) in [5.74, 6) is 0. The largest absolute Gasteiger partial charge is 0.383 e. The van der Waals surface area contributed by atoms with Crippen molar-refractivity contribution in [2.45, 2.75) is 24.8 Å². The highest BCUT2D eigenvalue weighted by molar-refractivity contribution is 7.89. The Labute approximate surface area is 121 Å². The number of aromatic nitrogens is 2. The van der Waals surface area contributed by atoms with Crippen LogP contribution in [0.15, 0.2) is 17.3 Å². The van der Waals surface area contributed by atoms with Crippen LogP contribution in [0.2, 0.25) is 0 Å². The molecule has 0 aromatic carbocycles. The molecule has 0 atom stereocenters. The predicted octanol–water partition coefficient (Wildman–Crippen LogP) is 0.150. The van der Waals surface area contributed by atoms with Gasteiger partial charge in [0.25, 0.3) is 0 Å². The fraction of sp³-hybridized carbons (Fsp3) is 0.750. The maximum Gasteiger partial charge on any atom is 0.246 e. The summed E-state index contributed by atoms with van der Waals surface area (Å²) in [6.45, 7) is 5.16. The number of ether oxygens (including phenoxy) is 1. The maximum atomic E-state index is 12.2. The van der Waals surface area contributed by atoms with E-state index in [4.69, 9.17) is 4.74 Å². The molecule has 7 nitrogen and oxygen atoms in total. The molecule has 0 bridgehead atoms. The number of hydrogen-bond donors (Lipinski definition) is 1. The second-order valence-corrected chi connectivity index (χ2v) is 6.55. The first-order chi connectivity index (χ1) is 9.52. The van der Waals surface area contributed by atoms with E-state index >= 15 is 0 Å². The summed E-state index contributed by atoms with van der Waals surface area (Å²) >= 11 is 0. The molecule has 0 fully saturated rings. The van der Waals surface area contributed by atoms with Gasteiger partial charge in [-0.1, -0.05) is 6.92 Å². The zero-order chi connectivity index (χ0) is 15.0. The molecule has 1 rings (SSSR count). The van der Waals surface area contributed by atoms with Crippen LogP contribution in [0.25, 0.3) is 0 Å². The monoisotopic (exact) mass is 304 g/mol. The van der Waals surface area contributed by atoms with Crippen molar-refractivity contribution in [3.05, 3.63) is 12.4 Å². The van der Waals surface area contributed by atoms with E-state index in [9.17, 15) is 8.42 Å². The van der Waals surface area contributed by atoms with Crippen LogP contribution in [0.3, 0.4) is 0 Å². The summed E-state index contributed by atoms with van der Waals surface area (Å²) in [4.78, 5) is 0.214. The quantitative estimate of drug-likeness (QED) is 0.623. The lowest BCUT2D eigenvalue weighted by molar-refractivity contribution is 0.185. The van der Waals surface area contributed by atoms with Gasteiger partial charge in [-0.15, -0.1) is 0 Å². The highest BCUT2D eigenvalue weighted by atomic mass is 32.2. The van der Waals surface area contributed by atoms with E-state index in [-0.39, 0.29) is 4.90 Å². The van der Waals surface area contributed by atoms with Gasteiger partial charge in [0.05, 0.1) is 19.3 Å². The zero-order valence-electron chi connectivity index (χ0n) is 12.4. The van der Waals surface area contributed by atoms with E-state index in [1.54, 1.807) is 18.0 Å². The molecule has 1 aromatic heterocycles. The topological polar surface area (TPSA) is 76.5 Å². The summed E-state index contributed by atoms with van der Waals surface area (Å²) in [6.07, 6.45) is 4.02. The van der Waals surface area contributed by atoms with Crippen molar-refractivity contribution in [1.82, 2.24) is 19.4 Å². The lowest BCUT2D eigenvalue weighted by Crippen LogP contribution is -2.29. The third-order valence-electron chi connectivity index (χ3n) is 2.87. The Balaban J connectivity index is 2.60. The Kier molecular flexibility index (Phi) is 7.14. The van der Waals surface area contributed by atoms with Crippen LogP contribution in [-0.2, 0) is 21.3 Å². The Bertz CT molecular complexity index is 487. The molecule has 116 valence electrons. The lowest BCUT2D eigenvalue weighted by Gasteiger charge is -2.15. The summed E-state index contributed by atoms with van der Waals surface area (Å²) in [7, 11) is -0.396. The first kappa shape index (κ1) is 17.1. The van der Waals surface area contributed by atoms with Gasteiger partial charge in [0.15, 0.2) is 0 Å². The number of likely N-dealkylation sites (N-methyl/N-ethyl adjacent to an activating group) is 1. The molecule has 0 saturated carbocycles. The van der Waals surface area contributed by atoms with Crippen molar-refractivity contribution >= 4 is 10.0 Å². The maximum absolute atomic E-state index is 12.2. The molecule has 1 N–H and O–H groups in total. The van der Waals surface area contributed by atoms with Crippen LogP contribution in [0.1, 0.15) is 13.3 Å². The highest BCUT2D eigenvalue weighted by Gasteiger charge is 2.22. The first-order valence-electron chi connectivity index (χ1n) is 6.70. The number of methoxy groups -OCH3 is 1. The van der Waals surface area contributed by atoms with Crippen LogP contribution in [0.4, 0.5) is 0 Å². The molecule has 0 aliphatic heterocycles. The zero-order valence-corrected chi connectivity index (χ0v) is 13.2. The minimum Gasteiger partial charge on any atom is -0.383 e. The second-order valence-electron chi connectivity index (χ2n) is 4.51. The molecule has 0 unspecified atom stereocenters. The smallest absolute Gasteiger partial charge is 0.246 e. The molecule has 0 amide bonds. The molecule has 20 heavy (non-hydrogen) atoms. The molecule has 1 aromatic rings. The van der Waals surface area contributed by atoms with Crippen molar-refractivity contribution in [1.29, 1.82) is 0 Å². The summed E-state index contributed by atoms with van der Waals surface area (Å²) in [5, 5.41) is 7.33. The highest BCUT2D eigenvalue weighted by Crippen LogP contribution is 2.12. The van der Waals surface area contributed by atoms with Crippen LogP contribution >= 0.6 is 0 Å². The molecule has 1 heterocycles. The van der Waals surface area contributed by atoms with Gasteiger partial charge in [0.2, 0.25) is 10.0 Å². The van der Waals surface area contributed by atoms with Gasteiger partial charge in [-0.2, -0.15) is 9.40 Å². The van der Waals surface area contributed by atoms with Gasteiger partial charge in [0.1, 0.15) is 4.90 Å². The standard InChI is InChI=1S/C12H24N4O3S/c1-4-5-13-6-7-16-11-12(10-14-16)20(17,18)15(2)8-9-19-3/h10-11,13H,4-9H2,1-3H3. The summed E-state index contributed by atoms with van der Waals surface area (Å²) in [6, 6.07) is 0. The average molecular weight is 304 g/mol. The molecule has 0 spiro atoms. The number of nitrogens with one attached hydrogen (secondary N) is 1. The minimum absolute atomic E-state index is 0.214. The lowest BCUT2D eigenvalue weighted by atomic mass is 10.5. The molecule has 0 saturated heterocycles. The minimum atomic E-state index is -3.48. The van der Waals surface area contributed by atoms with Crippen molar-refractivity contribution in [3.8, 4) is 0 Å². The number of rotatable bonds is 10. The molecule has 0 radical (unpaired) electrons. The normalized spacial score (nSPS) is 12.2. The Morgan fingerprint density at radius 3 is 2.85 bits per heavy atom.